The molecule has 32 heavy (non-hydrogen) atoms. The summed E-state index contributed by atoms with van der Waals surface area (Å²) >= 11 is 0. The van der Waals surface area contributed by atoms with E-state index in [1.165, 1.54) is 25.7 Å². The van der Waals surface area contributed by atoms with E-state index < -0.39 is 0 Å². The van der Waals surface area contributed by atoms with E-state index in [4.69, 9.17) is 18.9 Å². The van der Waals surface area contributed by atoms with Gasteiger partial charge >= 0.3 is 5.97 Å². The highest BCUT2D eigenvalue weighted by molar-refractivity contribution is 5.76. The van der Waals surface area contributed by atoms with E-state index in [9.17, 15) is 10.1 Å². The number of carbonyl (C=O) groups is 1. The molecule has 1 heterocycles. The number of benzene rings is 1. The Morgan fingerprint density at radius 3 is 2.50 bits per heavy atom. The van der Waals surface area contributed by atoms with E-state index in [2.05, 4.69) is 13.0 Å². The monoisotopic (exact) mass is 443 g/mol. The molecule has 0 spiro atoms. The molecular formula is C26H37NO5. The van der Waals surface area contributed by atoms with Gasteiger partial charge in [0.2, 0.25) is 0 Å². The molecule has 1 saturated carbocycles. The van der Waals surface area contributed by atoms with Gasteiger partial charge in [-0.05, 0) is 50.7 Å². The van der Waals surface area contributed by atoms with Gasteiger partial charge in [-0.25, -0.2) is 0 Å². The first-order valence-electron chi connectivity index (χ1n) is 12.3. The average molecular weight is 444 g/mol. The first-order valence-corrected chi connectivity index (χ1v) is 12.3. The molecule has 176 valence electrons. The van der Waals surface area contributed by atoms with Crippen LogP contribution in [0.1, 0.15) is 77.2 Å². The van der Waals surface area contributed by atoms with E-state index in [-0.39, 0.29) is 18.2 Å². The summed E-state index contributed by atoms with van der Waals surface area (Å²) in [5.41, 5.74) is 0.318. The fourth-order valence-corrected chi connectivity index (χ4v) is 4.49. The van der Waals surface area contributed by atoms with Crippen LogP contribution in [0.15, 0.2) is 18.2 Å². The second-order valence-corrected chi connectivity index (χ2v) is 9.05. The number of unbranched alkanes of at least 4 members (excludes halogenated alkanes) is 2. The third kappa shape index (κ3) is 6.95. The summed E-state index contributed by atoms with van der Waals surface area (Å²) in [5, 5.41) is 9.42. The molecule has 1 saturated heterocycles. The number of nitriles is 1. The first-order chi connectivity index (χ1) is 15.6. The fourth-order valence-electron chi connectivity index (χ4n) is 4.49. The minimum Gasteiger partial charge on any atom is -0.494 e. The molecule has 0 amide bonds. The third-order valence-corrected chi connectivity index (χ3v) is 6.45. The summed E-state index contributed by atoms with van der Waals surface area (Å²) in [6, 6.07) is 7.11. The van der Waals surface area contributed by atoms with Gasteiger partial charge in [0.05, 0.1) is 31.3 Å². The molecule has 0 atom stereocenters. The molecule has 6 nitrogen and oxygen atoms in total. The fraction of sp³-hybridized carbons (Fsp3) is 0.692. The molecule has 0 bridgehead atoms. The van der Waals surface area contributed by atoms with Gasteiger partial charge in [-0.2, -0.15) is 5.26 Å². The Morgan fingerprint density at radius 1 is 1.09 bits per heavy atom. The zero-order chi connectivity index (χ0) is 22.8. The van der Waals surface area contributed by atoms with Gasteiger partial charge in [0.15, 0.2) is 6.29 Å². The van der Waals surface area contributed by atoms with Crippen molar-refractivity contribution in [2.75, 3.05) is 19.8 Å². The standard InChI is InChI=1S/C26H37NO5/c1-3-5-6-7-19-17-30-26(31-18-19)21-10-8-20(9-11-21)25(28)32-24-13-12-23(29-14-4-2)15-22(24)16-27/h12-13,15,19-21,26H,3-11,14,17-18H2,1-2H3. The summed E-state index contributed by atoms with van der Waals surface area (Å²) in [7, 11) is 0. The highest BCUT2D eigenvalue weighted by Crippen LogP contribution is 2.35. The zero-order valence-electron chi connectivity index (χ0n) is 19.5. The molecule has 2 fully saturated rings. The lowest BCUT2D eigenvalue weighted by Gasteiger charge is -2.37. The van der Waals surface area contributed by atoms with Crippen molar-refractivity contribution in [2.45, 2.75) is 77.9 Å². The van der Waals surface area contributed by atoms with Crippen molar-refractivity contribution in [2.24, 2.45) is 17.8 Å². The molecule has 6 heteroatoms. The summed E-state index contributed by atoms with van der Waals surface area (Å²) in [6.45, 7) is 6.39. The van der Waals surface area contributed by atoms with Crippen molar-refractivity contribution in [3.63, 3.8) is 0 Å². The van der Waals surface area contributed by atoms with E-state index >= 15 is 0 Å². The highest BCUT2D eigenvalue weighted by Gasteiger charge is 2.35. The van der Waals surface area contributed by atoms with Crippen LogP contribution in [0.3, 0.4) is 0 Å². The maximum absolute atomic E-state index is 12.7. The minimum absolute atomic E-state index is 0.143. The van der Waals surface area contributed by atoms with Gasteiger partial charge in [-0.1, -0.05) is 33.1 Å². The van der Waals surface area contributed by atoms with Crippen LogP contribution in [-0.4, -0.2) is 32.1 Å². The molecule has 0 aromatic heterocycles. The minimum atomic E-state index is -0.261. The molecule has 1 aromatic carbocycles. The summed E-state index contributed by atoms with van der Waals surface area (Å²) in [4.78, 5) is 12.7. The van der Waals surface area contributed by atoms with E-state index in [0.29, 0.717) is 35.5 Å². The number of hydrogen-bond donors (Lipinski definition) is 0. The third-order valence-electron chi connectivity index (χ3n) is 6.45. The Hall–Kier alpha value is -2.10. The van der Waals surface area contributed by atoms with E-state index in [1.54, 1.807) is 18.2 Å². The summed E-state index contributed by atoms with van der Waals surface area (Å²) in [6.07, 6.45) is 8.96. The van der Waals surface area contributed by atoms with Crippen LogP contribution >= 0.6 is 0 Å². The van der Waals surface area contributed by atoms with E-state index in [0.717, 1.165) is 45.3 Å². The second kappa shape index (κ2) is 12.8. The number of rotatable bonds is 10. The molecule has 1 aliphatic heterocycles. The van der Waals surface area contributed by atoms with Crippen molar-refractivity contribution in [1.29, 1.82) is 5.26 Å². The molecule has 3 rings (SSSR count). The van der Waals surface area contributed by atoms with Gasteiger partial charge in [0.1, 0.15) is 17.6 Å². The van der Waals surface area contributed by atoms with Crippen LogP contribution in [0, 0.1) is 29.1 Å². The van der Waals surface area contributed by atoms with Gasteiger partial charge in [0.25, 0.3) is 0 Å². The van der Waals surface area contributed by atoms with Crippen LogP contribution in [0.2, 0.25) is 0 Å². The number of esters is 1. The predicted octanol–water partition coefficient (Wildman–Crippen LogP) is 5.63. The molecular weight excluding hydrogens is 406 g/mol. The van der Waals surface area contributed by atoms with Crippen LogP contribution in [0.4, 0.5) is 0 Å². The van der Waals surface area contributed by atoms with Crippen LogP contribution < -0.4 is 9.47 Å². The SMILES string of the molecule is CCCCCC1COC(C2CCC(C(=O)Oc3ccc(OCCC)cc3C#N)CC2)OC1. The molecule has 0 N–H and O–H groups in total. The largest absolute Gasteiger partial charge is 0.494 e. The molecule has 0 radical (unpaired) electrons. The van der Waals surface area contributed by atoms with Crippen LogP contribution in [-0.2, 0) is 14.3 Å². The van der Waals surface area contributed by atoms with Gasteiger partial charge in [0, 0.05) is 17.9 Å². The lowest BCUT2D eigenvalue weighted by Crippen LogP contribution is -2.39. The van der Waals surface area contributed by atoms with Crippen molar-refractivity contribution >= 4 is 5.97 Å². The Labute approximate surface area is 192 Å². The zero-order valence-corrected chi connectivity index (χ0v) is 19.5. The Kier molecular flexibility index (Phi) is 9.83. The van der Waals surface area contributed by atoms with Gasteiger partial charge in [-0.3, -0.25) is 4.79 Å². The second-order valence-electron chi connectivity index (χ2n) is 9.05. The lowest BCUT2D eigenvalue weighted by molar-refractivity contribution is -0.230. The number of carbonyl (C=O) groups excluding carboxylic acids is 1. The molecule has 1 aromatic rings. The normalized spacial score (nSPS) is 25.7. The number of nitrogens with zero attached hydrogens (tertiary/aromatic N) is 1. The maximum Gasteiger partial charge on any atom is 0.314 e. The average Bonchev–Trinajstić information content (AvgIpc) is 2.84. The predicted molar refractivity (Wildman–Crippen MR) is 121 cm³/mol. The molecule has 1 aliphatic carbocycles. The number of hydrogen-bond acceptors (Lipinski definition) is 6. The maximum atomic E-state index is 12.7. The highest BCUT2D eigenvalue weighted by atomic mass is 16.7. The summed E-state index contributed by atoms with van der Waals surface area (Å²) < 4.78 is 23.2. The Bertz CT molecular complexity index is 758. The van der Waals surface area contributed by atoms with Crippen molar-refractivity contribution in [3.8, 4) is 17.6 Å². The number of ether oxygens (including phenoxy) is 4. The topological polar surface area (TPSA) is 77.8 Å². The van der Waals surface area contributed by atoms with Crippen LogP contribution in [0.25, 0.3) is 0 Å². The van der Waals surface area contributed by atoms with Crippen LogP contribution in [0.5, 0.6) is 11.5 Å². The molecule has 2 aliphatic rings. The Morgan fingerprint density at radius 2 is 1.84 bits per heavy atom. The van der Waals surface area contributed by atoms with Crippen molar-refractivity contribution < 1.29 is 23.7 Å². The smallest absolute Gasteiger partial charge is 0.314 e. The first kappa shape index (κ1) is 24.5. The van der Waals surface area contributed by atoms with E-state index in [1.807, 2.05) is 6.92 Å². The Balaban J connectivity index is 1.43. The van der Waals surface area contributed by atoms with Gasteiger partial charge in [-0.15, -0.1) is 0 Å². The summed E-state index contributed by atoms with van der Waals surface area (Å²) in [5.74, 6) is 1.35. The van der Waals surface area contributed by atoms with Gasteiger partial charge < -0.3 is 18.9 Å². The quantitative estimate of drug-likeness (QED) is 0.265. The van der Waals surface area contributed by atoms with Crippen molar-refractivity contribution in [3.05, 3.63) is 23.8 Å². The lowest BCUT2D eigenvalue weighted by atomic mass is 9.81. The van der Waals surface area contributed by atoms with Crippen molar-refractivity contribution in [1.82, 2.24) is 0 Å². The molecule has 0 unspecified atom stereocenters.